The number of aliphatic carboxylic acids is 1. The van der Waals surface area contributed by atoms with Crippen molar-refractivity contribution in [3.05, 3.63) is 96.3 Å². The van der Waals surface area contributed by atoms with Crippen LogP contribution in [0, 0.1) is 5.82 Å². The first-order chi connectivity index (χ1) is 18.0. The monoisotopic (exact) mass is 536 g/mol. The summed E-state index contributed by atoms with van der Waals surface area (Å²) in [5.41, 5.74) is 2.32. The first kappa shape index (κ1) is 27.2. The number of hydrogen-bond acceptors (Lipinski definition) is 5. The number of carboxylic acid groups (broad SMARTS) is 1. The van der Waals surface area contributed by atoms with Crippen LogP contribution in [0.1, 0.15) is 24.9 Å². The fraction of sp³-hybridized carbons (Fsp3) is 0.233. The van der Waals surface area contributed by atoms with E-state index in [1.165, 1.54) is 22.4 Å². The summed E-state index contributed by atoms with van der Waals surface area (Å²) in [5.74, 6) is -0.546. The van der Waals surface area contributed by atoms with Crippen molar-refractivity contribution in [2.24, 2.45) is 0 Å². The molecule has 0 saturated heterocycles. The number of nitrogens with zero attached hydrogens (tertiary/aromatic N) is 1. The second-order valence-electron chi connectivity index (χ2n) is 9.15. The molecule has 0 saturated carbocycles. The zero-order chi connectivity index (χ0) is 25.8. The molecule has 1 aliphatic heterocycles. The summed E-state index contributed by atoms with van der Waals surface area (Å²) in [6, 6.07) is 26.7. The van der Waals surface area contributed by atoms with Crippen LogP contribution in [-0.2, 0) is 4.79 Å². The summed E-state index contributed by atoms with van der Waals surface area (Å²) in [6.45, 7) is 2.87. The molecule has 8 heteroatoms. The Morgan fingerprint density at radius 1 is 1.11 bits per heavy atom. The van der Waals surface area contributed by atoms with Crippen LogP contribution in [-0.4, -0.2) is 36.9 Å². The Morgan fingerprint density at radius 3 is 2.71 bits per heavy atom. The molecule has 6 nitrogen and oxygen atoms in total. The molecule has 1 heterocycles. The van der Waals surface area contributed by atoms with Crippen molar-refractivity contribution in [1.82, 2.24) is 5.32 Å². The van der Waals surface area contributed by atoms with Gasteiger partial charge in [-0.3, -0.25) is 0 Å². The van der Waals surface area contributed by atoms with Gasteiger partial charge in [0.15, 0.2) is 12.4 Å². The number of benzene rings is 4. The highest BCUT2D eigenvalue weighted by molar-refractivity contribution is 5.86. The number of halogens is 2. The SMILES string of the molecule is C[C@@H](NCCC1CN(c2cccc(OCC(=O)O)c2)c2c(F)cccc2O1)c1cccc2ccccc12.Cl. The minimum absolute atomic E-state index is 0. The van der Waals surface area contributed by atoms with E-state index in [4.69, 9.17) is 14.6 Å². The first-order valence-electron chi connectivity index (χ1n) is 12.4. The number of anilines is 2. The van der Waals surface area contributed by atoms with Crippen LogP contribution in [0.4, 0.5) is 15.8 Å². The summed E-state index contributed by atoms with van der Waals surface area (Å²) in [7, 11) is 0. The van der Waals surface area contributed by atoms with E-state index in [0.29, 0.717) is 29.4 Å². The average molecular weight is 537 g/mol. The van der Waals surface area contributed by atoms with Gasteiger partial charge < -0.3 is 24.8 Å². The molecule has 0 aliphatic carbocycles. The van der Waals surface area contributed by atoms with Gasteiger partial charge in [-0.15, -0.1) is 12.4 Å². The van der Waals surface area contributed by atoms with E-state index in [1.807, 2.05) is 17.0 Å². The van der Waals surface area contributed by atoms with Gasteiger partial charge in [0.2, 0.25) is 0 Å². The largest absolute Gasteiger partial charge is 0.486 e. The van der Waals surface area contributed by atoms with E-state index in [0.717, 1.165) is 13.0 Å². The first-order valence-corrected chi connectivity index (χ1v) is 12.4. The fourth-order valence-corrected chi connectivity index (χ4v) is 4.83. The summed E-state index contributed by atoms with van der Waals surface area (Å²) in [6.07, 6.45) is 0.543. The number of carbonyl (C=O) groups is 1. The van der Waals surface area contributed by atoms with Gasteiger partial charge in [0.1, 0.15) is 23.3 Å². The lowest BCUT2D eigenvalue weighted by Gasteiger charge is -2.37. The quantitative estimate of drug-likeness (QED) is 0.254. The highest BCUT2D eigenvalue weighted by Gasteiger charge is 2.29. The maximum absolute atomic E-state index is 14.9. The molecule has 0 fully saturated rings. The van der Waals surface area contributed by atoms with Crippen molar-refractivity contribution in [3.63, 3.8) is 0 Å². The van der Waals surface area contributed by atoms with Gasteiger partial charge in [-0.2, -0.15) is 0 Å². The van der Waals surface area contributed by atoms with Gasteiger partial charge in [0, 0.05) is 17.8 Å². The van der Waals surface area contributed by atoms with Crippen molar-refractivity contribution in [2.45, 2.75) is 25.5 Å². The number of para-hydroxylation sites is 1. The predicted octanol–water partition coefficient (Wildman–Crippen LogP) is 6.50. The third-order valence-corrected chi connectivity index (χ3v) is 6.60. The Morgan fingerprint density at radius 2 is 1.87 bits per heavy atom. The Bertz CT molecular complexity index is 1410. The lowest BCUT2D eigenvalue weighted by Crippen LogP contribution is -2.39. The maximum Gasteiger partial charge on any atom is 0.341 e. The number of fused-ring (bicyclic) bond motifs is 2. The van der Waals surface area contributed by atoms with E-state index < -0.39 is 12.6 Å². The number of hydrogen-bond donors (Lipinski definition) is 2. The third kappa shape index (κ3) is 6.01. The number of rotatable bonds is 9. The van der Waals surface area contributed by atoms with Crippen LogP contribution in [0.2, 0.25) is 0 Å². The molecule has 0 bridgehead atoms. The van der Waals surface area contributed by atoms with Crippen molar-refractivity contribution in [1.29, 1.82) is 0 Å². The molecule has 38 heavy (non-hydrogen) atoms. The van der Waals surface area contributed by atoms with E-state index in [1.54, 1.807) is 30.3 Å². The van der Waals surface area contributed by atoms with Crippen LogP contribution < -0.4 is 19.7 Å². The van der Waals surface area contributed by atoms with E-state index in [-0.39, 0.29) is 30.4 Å². The molecule has 2 atom stereocenters. The van der Waals surface area contributed by atoms with Gasteiger partial charge in [-0.05, 0) is 60.5 Å². The maximum atomic E-state index is 14.9. The fourth-order valence-electron chi connectivity index (χ4n) is 4.83. The molecule has 0 aromatic heterocycles. The van der Waals surface area contributed by atoms with Crippen LogP contribution in [0.5, 0.6) is 11.5 Å². The molecule has 198 valence electrons. The zero-order valence-electron chi connectivity index (χ0n) is 21.0. The molecule has 1 aliphatic rings. The van der Waals surface area contributed by atoms with E-state index >= 15 is 0 Å². The second kappa shape index (κ2) is 12.2. The van der Waals surface area contributed by atoms with Crippen LogP contribution >= 0.6 is 12.4 Å². The molecule has 0 spiro atoms. The van der Waals surface area contributed by atoms with Gasteiger partial charge in [-0.1, -0.05) is 54.6 Å². The molecule has 0 amide bonds. The lowest BCUT2D eigenvalue weighted by atomic mass is 9.99. The molecular weight excluding hydrogens is 507 g/mol. The topological polar surface area (TPSA) is 71.0 Å². The van der Waals surface area contributed by atoms with Crippen molar-refractivity contribution >= 4 is 40.5 Å². The van der Waals surface area contributed by atoms with Crippen molar-refractivity contribution in [2.75, 3.05) is 24.6 Å². The Balaban J connectivity index is 0.00000336. The van der Waals surface area contributed by atoms with Gasteiger partial charge in [-0.25, -0.2) is 9.18 Å². The van der Waals surface area contributed by atoms with E-state index in [2.05, 4.69) is 48.6 Å². The molecule has 4 aromatic rings. The summed E-state index contributed by atoms with van der Waals surface area (Å²) < 4.78 is 26.5. The standard InChI is InChI=1S/C30H29FN2O4.ClH/c1-20(25-12-4-8-21-7-2-3-11-26(21)25)32-16-15-24-18-33(30-27(31)13-6-14-28(30)37-24)22-9-5-10-23(17-22)36-19-29(34)35;/h2-14,17,20,24,32H,15-16,18-19H2,1H3,(H,34,35);1H/t20-,24?;/m1./s1. The summed E-state index contributed by atoms with van der Waals surface area (Å²) >= 11 is 0. The Labute approximate surface area is 227 Å². The molecule has 1 unspecified atom stereocenters. The summed E-state index contributed by atoms with van der Waals surface area (Å²) in [5, 5.41) is 15.0. The van der Waals surface area contributed by atoms with Gasteiger partial charge in [0.05, 0.1) is 6.54 Å². The second-order valence-corrected chi connectivity index (χ2v) is 9.15. The van der Waals surface area contributed by atoms with Crippen LogP contribution in [0.25, 0.3) is 10.8 Å². The van der Waals surface area contributed by atoms with Crippen molar-refractivity contribution < 1.29 is 23.8 Å². The number of nitrogens with one attached hydrogen (secondary N) is 1. The smallest absolute Gasteiger partial charge is 0.341 e. The number of carboxylic acids is 1. The normalized spacial score (nSPS) is 15.2. The number of ether oxygens (including phenoxy) is 2. The zero-order valence-corrected chi connectivity index (χ0v) is 21.8. The third-order valence-electron chi connectivity index (χ3n) is 6.60. The highest BCUT2D eigenvalue weighted by atomic mass is 35.5. The highest BCUT2D eigenvalue weighted by Crippen LogP contribution is 2.41. The molecule has 5 rings (SSSR count). The lowest BCUT2D eigenvalue weighted by molar-refractivity contribution is -0.139. The van der Waals surface area contributed by atoms with Crippen LogP contribution in [0.15, 0.2) is 84.9 Å². The Hall–Kier alpha value is -3.81. The minimum Gasteiger partial charge on any atom is -0.486 e. The minimum atomic E-state index is -1.06. The molecular formula is C30H30ClFN2O4. The predicted molar refractivity (Wildman–Crippen MR) is 150 cm³/mol. The van der Waals surface area contributed by atoms with Gasteiger partial charge in [0.25, 0.3) is 0 Å². The average Bonchev–Trinajstić information content (AvgIpc) is 2.91. The molecule has 2 N–H and O–H groups in total. The molecule has 4 aromatic carbocycles. The Kier molecular flexibility index (Phi) is 8.71. The van der Waals surface area contributed by atoms with Crippen molar-refractivity contribution in [3.8, 4) is 11.5 Å². The van der Waals surface area contributed by atoms with E-state index in [9.17, 15) is 9.18 Å². The van der Waals surface area contributed by atoms with Gasteiger partial charge >= 0.3 is 5.97 Å². The van der Waals surface area contributed by atoms with Crippen LogP contribution in [0.3, 0.4) is 0 Å². The molecule has 0 radical (unpaired) electrons. The summed E-state index contributed by atoms with van der Waals surface area (Å²) in [4.78, 5) is 12.8.